The molecule has 0 unspecified atom stereocenters. The Morgan fingerprint density at radius 3 is 2.82 bits per heavy atom. The Kier molecular flexibility index (Phi) is 4.86. The van der Waals surface area contributed by atoms with Gasteiger partial charge in [-0.25, -0.2) is 0 Å². The van der Waals surface area contributed by atoms with Crippen LogP contribution in [0, 0.1) is 5.92 Å². The summed E-state index contributed by atoms with van der Waals surface area (Å²) in [5.74, 6) is 1.03. The van der Waals surface area contributed by atoms with E-state index in [1.54, 1.807) is 0 Å². The van der Waals surface area contributed by atoms with Crippen LogP contribution in [0.1, 0.15) is 38.5 Å². The molecule has 1 aliphatic carbocycles. The molecule has 0 aromatic rings. The van der Waals surface area contributed by atoms with Gasteiger partial charge in [-0.2, -0.15) is 0 Å². The van der Waals surface area contributed by atoms with Gasteiger partial charge in [0.15, 0.2) is 0 Å². The number of carbonyl (C=O) groups is 1. The lowest BCUT2D eigenvalue weighted by Crippen LogP contribution is -2.46. The highest BCUT2D eigenvalue weighted by molar-refractivity contribution is 9.09. The quantitative estimate of drug-likeness (QED) is 0.810. The average molecular weight is 303 g/mol. The van der Waals surface area contributed by atoms with Gasteiger partial charge in [-0.15, -0.1) is 0 Å². The first-order chi connectivity index (χ1) is 8.27. The fourth-order valence-corrected chi connectivity index (χ4v) is 3.90. The molecule has 4 heteroatoms. The van der Waals surface area contributed by atoms with Crippen LogP contribution in [0.2, 0.25) is 0 Å². The molecule has 1 saturated carbocycles. The lowest BCUT2D eigenvalue weighted by Gasteiger charge is -2.30. The third-order valence-electron chi connectivity index (χ3n) is 4.29. The maximum atomic E-state index is 12.1. The molecule has 1 N–H and O–H groups in total. The molecule has 3 atom stereocenters. The molecule has 1 heterocycles. The van der Waals surface area contributed by atoms with Crippen LogP contribution in [-0.4, -0.2) is 41.8 Å². The predicted molar refractivity (Wildman–Crippen MR) is 73.3 cm³/mol. The summed E-state index contributed by atoms with van der Waals surface area (Å²) < 4.78 is 0. The van der Waals surface area contributed by atoms with Crippen molar-refractivity contribution in [3.63, 3.8) is 0 Å². The number of nitrogens with one attached hydrogen (secondary N) is 1. The number of nitrogens with zero attached hydrogens (tertiary/aromatic N) is 1. The molecule has 1 amide bonds. The molecular formula is C13H23BrN2O. The first-order valence-electron chi connectivity index (χ1n) is 6.79. The van der Waals surface area contributed by atoms with Gasteiger partial charge in [0, 0.05) is 18.6 Å². The van der Waals surface area contributed by atoms with Crippen molar-refractivity contribution in [1.82, 2.24) is 10.2 Å². The minimum Gasteiger partial charge on any atom is -0.334 e. The third-order valence-corrected chi connectivity index (χ3v) is 4.77. The number of amides is 1. The second-order valence-electron chi connectivity index (χ2n) is 5.35. The molecular weight excluding hydrogens is 280 g/mol. The molecule has 0 bridgehead atoms. The van der Waals surface area contributed by atoms with Gasteiger partial charge in [0.25, 0.3) is 0 Å². The number of hydrogen-bond acceptors (Lipinski definition) is 2. The van der Waals surface area contributed by atoms with E-state index in [0.29, 0.717) is 17.4 Å². The van der Waals surface area contributed by atoms with Crippen molar-refractivity contribution in [2.45, 2.75) is 50.6 Å². The molecule has 2 aliphatic rings. The van der Waals surface area contributed by atoms with Crippen LogP contribution in [0.25, 0.3) is 0 Å². The first kappa shape index (κ1) is 13.3. The van der Waals surface area contributed by atoms with Crippen LogP contribution < -0.4 is 5.32 Å². The Morgan fingerprint density at radius 2 is 2.12 bits per heavy atom. The van der Waals surface area contributed by atoms with Crippen molar-refractivity contribution in [3.05, 3.63) is 0 Å². The summed E-state index contributed by atoms with van der Waals surface area (Å²) in [6, 6.07) is 0.930. The van der Waals surface area contributed by atoms with Crippen LogP contribution in [0.5, 0.6) is 0 Å². The standard InChI is InChI=1S/C13H23BrN2O/c1-15-9-11-7-10-5-3-2-4-6-12(10)16(11)13(17)8-14/h10-12,15H,2-9H2,1H3/t10-,11+,12+/m0/s1. The maximum Gasteiger partial charge on any atom is 0.233 e. The summed E-state index contributed by atoms with van der Waals surface area (Å²) >= 11 is 3.33. The molecule has 0 radical (unpaired) electrons. The number of hydrogen-bond donors (Lipinski definition) is 1. The fourth-order valence-electron chi connectivity index (χ4n) is 3.61. The van der Waals surface area contributed by atoms with Crippen molar-refractivity contribution < 1.29 is 4.79 Å². The number of alkyl halides is 1. The second kappa shape index (κ2) is 6.19. The number of halogens is 1. The Hall–Kier alpha value is -0.0900. The summed E-state index contributed by atoms with van der Waals surface area (Å²) in [6.07, 6.45) is 7.72. The van der Waals surface area contributed by atoms with Crippen molar-refractivity contribution >= 4 is 21.8 Å². The summed E-state index contributed by atoms with van der Waals surface area (Å²) in [7, 11) is 1.98. The Bertz CT molecular complexity index is 272. The topological polar surface area (TPSA) is 32.3 Å². The Morgan fingerprint density at radius 1 is 1.35 bits per heavy atom. The van der Waals surface area contributed by atoms with Crippen LogP contribution in [0.3, 0.4) is 0 Å². The Labute approximate surface area is 112 Å². The van der Waals surface area contributed by atoms with E-state index < -0.39 is 0 Å². The van der Waals surface area contributed by atoms with Gasteiger partial charge in [-0.05, 0) is 32.2 Å². The number of rotatable bonds is 3. The molecule has 2 fully saturated rings. The van der Waals surface area contributed by atoms with Crippen LogP contribution in [-0.2, 0) is 4.79 Å². The van der Waals surface area contributed by atoms with E-state index in [1.807, 2.05) is 7.05 Å². The van der Waals surface area contributed by atoms with Gasteiger partial charge in [-0.1, -0.05) is 35.2 Å². The van der Waals surface area contributed by atoms with Crippen LogP contribution >= 0.6 is 15.9 Å². The van der Waals surface area contributed by atoms with E-state index in [4.69, 9.17) is 0 Å². The SMILES string of the molecule is CNC[C@H]1C[C@@H]2CCCCC[C@H]2N1C(=O)CBr. The smallest absolute Gasteiger partial charge is 0.233 e. The van der Waals surface area contributed by atoms with E-state index in [-0.39, 0.29) is 5.91 Å². The number of likely N-dealkylation sites (N-methyl/N-ethyl adjacent to an activating group) is 1. The van der Waals surface area contributed by atoms with Gasteiger partial charge in [0.2, 0.25) is 5.91 Å². The monoisotopic (exact) mass is 302 g/mol. The fraction of sp³-hybridized carbons (Fsp3) is 0.923. The van der Waals surface area contributed by atoms with Crippen molar-refractivity contribution in [3.8, 4) is 0 Å². The average Bonchev–Trinajstić information content (AvgIpc) is 2.52. The van der Waals surface area contributed by atoms with E-state index >= 15 is 0 Å². The van der Waals surface area contributed by atoms with Crippen molar-refractivity contribution in [2.24, 2.45) is 5.92 Å². The molecule has 3 nitrogen and oxygen atoms in total. The summed E-state index contributed by atoms with van der Waals surface area (Å²) in [4.78, 5) is 14.3. The largest absolute Gasteiger partial charge is 0.334 e. The molecule has 0 aromatic carbocycles. The van der Waals surface area contributed by atoms with Gasteiger partial charge in [-0.3, -0.25) is 4.79 Å². The number of likely N-dealkylation sites (tertiary alicyclic amines) is 1. The lowest BCUT2D eigenvalue weighted by molar-refractivity contribution is -0.131. The summed E-state index contributed by atoms with van der Waals surface area (Å²) in [5.41, 5.74) is 0. The second-order valence-corrected chi connectivity index (χ2v) is 5.91. The zero-order valence-electron chi connectivity index (χ0n) is 10.6. The van der Waals surface area contributed by atoms with E-state index in [0.717, 1.165) is 12.5 Å². The zero-order chi connectivity index (χ0) is 12.3. The minimum absolute atomic E-state index is 0.277. The minimum atomic E-state index is 0.277. The van der Waals surface area contributed by atoms with Crippen molar-refractivity contribution in [2.75, 3.05) is 18.9 Å². The number of fused-ring (bicyclic) bond motifs is 1. The van der Waals surface area contributed by atoms with E-state index in [9.17, 15) is 4.79 Å². The first-order valence-corrected chi connectivity index (χ1v) is 7.91. The van der Waals surface area contributed by atoms with Gasteiger partial charge < -0.3 is 10.2 Å². The maximum absolute atomic E-state index is 12.1. The molecule has 0 spiro atoms. The highest BCUT2D eigenvalue weighted by Gasteiger charge is 2.42. The summed E-state index contributed by atoms with van der Waals surface area (Å²) in [5, 5.41) is 3.70. The third kappa shape index (κ3) is 2.84. The molecule has 2 rings (SSSR count). The summed E-state index contributed by atoms with van der Waals surface area (Å²) in [6.45, 7) is 0.936. The Balaban J connectivity index is 2.12. The van der Waals surface area contributed by atoms with Crippen molar-refractivity contribution in [1.29, 1.82) is 0 Å². The lowest BCUT2D eigenvalue weighted by atomic mass is 9.94. The number of carbonyl (C=O) groups excluding carboxylic acids is 1. The van der Waals surface area contributed by atoms with Gasteiger partial charge in [0.05, 0.1) is 5.33 Å². The van der Waals surface area contributed by atoms with E-state index in [1.165, 1.54) is 38.5 Å². The van der Waals surface area contributed by atoms with Crippen LogP contribution in [0.15, 0.2) is 0 Å². The molecule has 98 valence electrons. The zero-order valence-corrected chi connectivity index (χ0v) is 12.2. The normalized spacial score (nSPS) is 33.3. The predicted octanol–water partition coefficient (Wildman–Crippen LogP) is 2.15. The molecule has 1 aliphatic heterocycles. The molecule has 17 heavy (non-hydrogen) atoms. The van der Waals surface area contributed by atoms with Crippen LogP contribution in [0.4, 0.5) is 0 Å². The highest BCUT2D eigenvalue weighted by atomic mass is 79.9. The molecule has 1 saturated heterocycles. The molecule has 0 aromatic heterocycles. The van der Waals surface area contributed by atoms with Gasteiger partial charge >= 0.3 is 0 Å². The van der Waals surface area contributed by atoms with Gasteiger partial charge in [0.1, 0.15) is 0 Å². The highest BCUT2D eigenvalue weighted by Crippen LogP contribution is 2.38. The van der Waals surface area contributed by atoms with E-state index in [2.05, 4.69) is 26.1 Å².